The average Bonchev–Trinajstić information content (AvgIpc) is 3.26. The molecule has 29 heavy (non-hydrogen) atoms. The predicted octanol–water partition coefficient (Wildman–Crippen LogP) is 2.64. The molecular formula is C21H20FN5O2. The van der Waals surface area contributed by atoms with Crippen LogP contribution in [-0.4, -0.2) is 59.6 Å². The van der Waals surface area contributed by atoms with Crippen LogP contribution in [0.15, 0.2) is 36.4 Å². The summed E-state index contributed by atoms with van der Waals surface area (Å²) in [6, 6.07) is 10.1. The largest absolute Gasteiger partial charge is 0.367 e. The molecule has 2 aromatic carbocycles. The zero-order chi connectivity index (χ0) is 20.1. The van der Waals surface area contributed by atoms with Crippen molar-refractivity contribution in [1.29, 1.82) is 0 Å². The highest BCUT2D eigenvalue weighted by Gasteiger charge is 2.37. The maximum atomic E-state index is 13.4. The number of halogens is 1. The van der Waals surface area contributed by atoms with E-state index in [0.29, 0.717) is 49.4 Å². The lowest BCUT2D eigenvalue weighted by atomic mass is 10.1. The van der Waals surface area contributed by atoms with Crippen LogP contribution >= 0.6 is 0 Å². The van der Waals surface area contributed by atoms with Crippen LogP contribution in [0.1, 0.15) is 27.6 Å². The summed E-state index contributed by atoms with van der Waals surface area (Å²) < 4.78 is 13.4. The third kappa shape index (κ3) is 2.66. The van der Waals surface area contributed by atoms with E-state index in [1.54, 1.807) is 19.1 Å². The van der Waals surface area contributed by atoms with Crippen LogP contribution < -0.4 is 9.80 Å². The molecule has 1 saturated heterocycles. The van der Waals surface area contributed by atoms with E-state index in [4.69, 9.17) is 0 Å². The van der Waals surface area contributed by atoms with E-state index in [1.807, 2.05) is 12.1 Å². The molecule has 0 bridgehead atoms. The maximum Gasteiger partial charge on any atom is 0.263 e. The molecule has 0 atom stereocenters. The standard InChI is InChI=1S/C21H20FN5O2/c1-2-27-20(28)15-4-3-5-17(18(15)21(27)29)25-8-10-26(11-9-25)19-14-7-6-13(22)12-16(14)23-24-19/h3-7,12H,2,8-11H2,1H3,(H,23,24). The Labute approximate surface area is 166 Å². The molecule has 7 nitrogen and oxygen atoms in total. The Balaban J connectivity index is 1.40. The zero-order valence-corrected chi connectivity index (χ0v) is 16.0. The SMILES string of the molecule is CCN1C(=O)c2cccc(N3CCN(c4n[nH]c5cc(F)ccc45)CC3)c2C1=O. The van der Waals surface area contributed by atoms with E-state index in [2.05, 4.69) is 20.0 Å². The molecule has 1 N–H and O–H groups in total. The van der Waals surface area contributed by atoms with Crippen molar-refractivity contribution < 1.29 is 14.0 Å². The molecule has 2 amide bonds. The molecule has 2 aliphatic heterocycles. The van der Waals surface area contributed by atoms with Gasteiger partial charge in [0, 0.05) is 38.1 Å². The molecule has 5 rings (SSSR count). The van der Waals surface area contributed by atoms with Gasteiger partial charge in [-0.15, -0.1) is 0 Å². The van der Waals surface area contributed by atoms with E-state index >= 15 is 0 Å². The molecule has 8 heteroatoms. The number of hydrogen-bond acceptors (Lipinski definition) is 5. The highest BCUT2D eigenvalue weighted by atomic mass is 19.1. The molecule has 148 valence electrons. The third-order valence-corrected chi connectivity index (χ3v) is 5.72. The van der Waals surface area contributed by atoms with E-state index in [9.17, 15) is 14.0 Å². The zero-order valence-electron chi connectivity index (χ0n) is 16.0. The minimum absolute atomic E-state index is 0.217. The first-order valence-corrected chi connectivity index (χ1v) is 9.71. The number of nitrogens with one attached hydrogen (secondary N) is 1. The number of carbonyl (C=O) groups excluding carboxylic acids is 2. The van der Waals surface area contributed by atoms with Crippen LogP contribution in [0, 0.1) is 5.82 Å². The summed E-state index contributed by atoms with van der Waals surface area (Å²) in [5.74, 6) is 0.0752. The molecular weight excluding hydrogens is 373 g/mol. The number of imide groups is 1. The number of benzene rings is 2. The Kier molecular flexibility index (Phi) is 4.01. The number of rotatable bonds is 3. The second kappa shape index (κ2) is 6.58. The molecule has 3 aromatic rings. The van der Waals surface area contributed by atoms with Gasteiger partial charge in [-0.25, -0.2) is 4.39 Å². The number of carbonyl (C=O) groups is 2. The second-order valence-electron chi connectivity index (χ2n) is 7.27. The lowest BCUT2D eigenvalue weighted by Gasteiger charge is -2.37. The van der Waals surface area contributed by atoms with Crippen LogP contribution in [0.5, 0.6) is 0 Å². The number of aromatic nitrogens is 2. The molecule has 0 unspecified atom stereocenters. The summed E-state index contributed by atoms with van der Waals surface area (Å²) in [6.07, 6.45) is 0. The topological polar surface area (TPSA) is 72.5 Å². The average molecular weight is 393 g/mol. The molecule has 0 saturated carbocycles. The van der Waals surface area contributed by atoms with Crippen molar-refractivity contribution in [2.24, 2.45) is 0 Å². The number of nitrogens with zero attached hydrogens (tertiary/aromatic N) is 4. The van der Waals surface area contributed by atoms with E-state index in [0.717, 1.165) is 16.9 Å². The van der Waals surface area contributed by atoms with Crippen molar-refractivity contribution in [3.05, 3.63) is 53.3 Å². The van der Waals surface area contributed by atoms with Gasteiger partial charge in [0.1, 0.15) is 5.82 Å². The summed E-state index contributed by atoms with van der Waals surface area (Å²) in [5, 5.41) is 8.15. The Hall–Kier alpha value is -3.42. The quantitative estimate of drug-likeness (QED) is 0.693. The predicted molar refractivity (Wildman–Crippen MR) is 108 cm³/mol. The summed E-state index contributed by atoms with van der Waals surface area (Å²) in [4.78, 5) is 30.8. The fourth-order valence-corrected chi connectivity index (χ4v) is 4.24. The first-order valence-electron chi connectivity index (χ1n) is 9.71. The maximum absolute atomic E-state index is 13.4. The number of fused-ring (bicyclic) bond motifs is 2. The van der Waals surface area contributed by atoms with Gasteiger partial charge in [0.2, 0.25) is 0 Å². The number of aromatic amines is 1. The van der Waals surface area contributed by atoms with Gasteiger partial charge in [0.15, 0.2) is 5.82 Å². The summed E-state index contributed by atoms with van der Waals surface area (Å²) in [6.45, 7) is 4.98. The van der Waals surface area contributed by atoms with E-state index < -0.39 is 0 Å². The van der Waals surface area contributed by atoms with Crippen molar-refractivity contribution in [3.8, 4) is 0 Å². The Morgan fingerprint density at radius 1 is 1.03 bits per heavy atom. The molecule has 1 aromatic heterocycles. The highest BCUT2D eigenvalue weighted by Crippen LogP contribution is 2.33. The fraction of sp³-hybridized carbons (Fsp3) is 0.286. The fourth-order valence-electron chi connectivity index (χ4n) is 4.24. The molecule has 3 heterocycles. The molecule has 2 aliphatic rings. The molecule has 1 fully saturated rings. The number of hydrogen-bond donors (Lipinski definition) is 1. The van der Waals surface area contributed by atoms with Crippen LogP contribution in [-0.2, 0) is 0 Å². The first kappa shape index (κ1) is 17.7. The number of H-pyrrole nitrogens is 1. The normalized spacial score (nSPS) is 16.8. The molecule has 0 spiro atoms. The first-order chi connectivity index (χ1) is 14.1. The highest BCUT2D eigenvalue weighted by molar-refractivity contribution is 6.23. The van der Waals surface area contributed by atoms with Crippen LogP contribution in [0.3, 0.4) is 0 Å². The molecule has 0 radical (unpaired) electrons. The summed E-state index contributed by atoms with van der Waals surface area (Å²) in [5.41, 5.74) is 2.48. The number of anilines is 2. The van der Waals surface area contributed by atoms with Crippen molar-refractivity contribution >= 4 is 34.2 Å². The van der Waals surface area contributed by atoms with E-state index in [-0.39, 0.29) is 17.6 Å². The van der Waals surface area contributed by atoms with Gasteiger partial charge in [-0.1, -0.05) is 6.07 Å². The van der Waals surface area contributed by atoms with Gasteiger partial charge < -0.3 is 9.80 Å². The van der Waals surface area contributed by atoms with Gasteiger partial charge in [0.25, 0.3) is 11.8 Å². The van der Waals surface area contributed by atoms with E-state index in [1.165, 1.54) is 17.0 Å². The van der Waals surface area contributed by atoms with Gasteiger partial charge in [-0.05, 0) is 37.3 Å². The van der Waals surface area contributed by atoms with Crippen LogP contribution in [0.2, 0.25) is 0 Å². The Morgan fingerprint density at radius 2 is 1.79 bits per heavy atom. The van der Waals surface area contributed by atoms with Crippen molar-refractivity contribution in [2.45, 2.75) is 6.92 Å². The summed E-state index contributed by atoms with van der Waals surface area (Å²) >= 11 is 0. The smallest absolute Gasteiger partial charge is 0.263 e. The van der Waals surface area contributed by atoms with Gasteiger partial charge >= 0.3 is 0 Å². The minimum atomic E-state index is -0.296. The van der Waals surface area contributed by atoms with Crippen LogP contribution in [0.25, 0.3) is 10.9 Å². The van der Waals surface area contributed by atoms with Crippen LogP contribution in [0.4, 0.5) is 15.9 Å². The van der Waals surface area contributed by atoms with Gasteiger partial charge in [-0.2, -0.15) is 5.10 Å². The lowest BCUT2D eigenvalue weighted by molar-refractivity contribution is 0.0663. The van der Waals surface area contributed by atoms with Gasteiger partial charge in [0.05, 0.1) is 22.3 Å². The second-order valence-corrected chi connectivity index (χ2v) is 7.27. The Morgan fingerprint density at radius 3 is 2.55 bits per heavy atom. The third-order valence-electron chi connectivity index (χ3n) is 5.72. The monoisotopic (exact) mass is 393 g/mol. The lowest BCUT2D eigenvalue weighted by Crippen LogP contribution is -2.47. The summed E-state index contributed by atoms with van der Waals surface area (Å²) in [7, 11) is 0. The molecule has 0 aliphatic carbocycles. The van der Waals surface area contributed by atoms with Crippen molar-refractivity contribution in [1.82, 2.24) is 15.1 Å². The van der Waals surface area contributed by atoms with Crippen molar-refractivity contribution in [3.63, 3.8) is 0 Å². The Bertz CT molecular complexity index is 1130. The van der Waals surface area contributed by atoms with Gasteiger partial charge in [-0.3, -0.25) is 19.6 Å². The number of piperazine rings is 1. The number of amides is 2. The minimum Gasteiger partial charge on any atom is -0.367 e. The van der Waals surface area contributed by atoms with Crippen molar-refractivity contribution in [2.75, 3.05) is 42.5 Å².